The fourth-order valence-corrected chi connectivity index (χ4v) is 2.41. The highest BCUT2D eigenvalue weighted by molar-refractivity contribution is 7.89. The van der Waals surface area contributed by atoms with Crippen molar-refractivity contribution < 1.29 is 28.2 Å². The van der Waals surface area contributed by atoms with E-state index in [0.717, 1.165) is 4.31 Å². The van der Waals surface area contributed by atoms with Crippen molar-refractivity contribution in [1.82, 2.24) is 4.31 Å². The minimum Gasteiger partial charge on any atom is -0.481 e. The van der Waals surface area contributed by atoms with Crippen LogP contribution in [-0.2, 0) is 19.6 Å². The number of anilines is 1. The van der Waals surface area contributed by atoms with Gasteiger partial charge in [0.2, 0.25) is 10.0 Å². The Balaban J connectivity index is 2.92. The van der Waals surface area contributed by atoms with Crippen LogP contribution < -0.4 is 5.32 Å². The molecule has 0 aliphatic heterocycles. The lowest BCUT2D eigenvalue weighted by Gasteiger charge is -2.15. The van der Waals surface area contributed by atoms with Gasteiger partial charge in [-0.2, -0.15) is 0 Å². The van der Waals surface area contributed by atoms with Crippen molar-refractivity contribution in [2.75, 3.05) is 19.4 Å². The van der Waals surface area contributed by atoms with E-state index in [1.807, 2.05) is 0 Å². The Morgan fingerprint density at radius 3 is 2.10 bits per heavy atom. The summed E-state index contributed by atoms with van der Waals surface area (Å²) in [4.78, 5) is 21.6. The second-order valence-corrected chi connectivity index (χ2v) is 6.60. The van der Waals surface area contributed by atoms with Crippen molar-refractivity contribution in [1.29, 1.82) is 0 Å². The zero-order valence-corrected chi connectivity index (χ0v) is 12.3. The number of rotatable bonds is 7. The fourth-order valence-electron chi connectivity index (χ4n) is 1.51. The summed E-state index contributed by atoms with van der Waals surface area (Å²) in [5.41, 5.74) is 0.321. The van der Waals surface area contributed by atoms with Gasteiger partial charge in [0.1, 0.15) is 6.04 Å². The first-order chi connectivity index (χ1) is 9.64. The van der Waals surface area contributed by atoms with Gasteiger partial charge in [-0.05, 0) is 24.3 Å². The summed E-state index contributed by atoms with van der Waals surface area (Å²) < 4.78 is 24.8. The molecule has 0 aliphatic carbocycles. The lowest BCUT2D eigenvalue weighted by atomic mass is 10.2. The third-order valence-electron chi connectivity index (χ3n) is 2.65. The van der Waals surface area contributed by atoms with Crippen LogP contribution in [-0.4, -0.2) is 55.0 Å². The van der Waals surface area contributed by atoms with Gasteiger partial charge in [0.15, 0.2) is 0 Å². The first-order valence-electron chi connectivity index (χ1n) is 5.88. The number of aliphatic carboxylic acids is 2. The lowest BCUT2D eigenvalue weighted by molar-refractivity contribution is -0.144. The van der Waals surface area contributed by atoms with E-state index < -0.39 is 34.4 Å². The second kappa shape index (κ2) is 6.55. The van der Waals surface area contributed by atoms with Crippen LogP contribution >= 0.6 is 0 Å². The molecule has 1 aromatic carbocycles. The number of nitrogens with one attached hydrogen (secondary N) is 1. The van der Waals surface area contributed by atoms with Crippen LogP contribution in [0.1, 0.15) is 6.42 Å². The average molecular weight is 316 g/mol. The number of sulfonamides is 1. The van der Waals surface area contributed by atoms with Gasteiger partial charge in [0.25, 0.3) is 0 Å². The quantitative estimate of drug-likeness (QED) is 0.659. The third-order valence-corrected chi connectivity index (χ3v) is 4.48. The minimum atomic E-state index is -3.56. The van der Waals surface area contributed by atoms with Crippen LogP contribution in [0, 0.1) is 0 Å². The average Bonchev–Trinajstić information content (AvgIpc) is 2.37. The molecule has 0 bridgehead atoms. The molecule has 0 saturated heterocycles. The standard InChI is InChI=1S/C12H16N2O6S/c1-14(2)21(19,20)9-5-3-8(4-6-9)13-10(12(17)18)7-11(15)16/h3-6,10,13H,7H2,1-2H3,(H,15,16)(H,17,18). The highest BCUT2D eigenvalue weighted by atomic mass is 32.2. The first-order valence-corrected chi connectivity index (χ1v) is 7.32. The van der Waals surface area contributed by atoms with E-state index >= 15 is 0 Å². The lowest BCUT2D eigenvalue weighted by Crippen LogP contribution is -2.31. The van der Waals surface area contributed by atoms with Gasteiger partial charge in [0.05, 0.1) is 11.3 Å². The highest BCUT2D eigenvalue weighted by Crippen LogP contribution is 2.17. The molecule has 0 heterocycles. The Bertz CT molecular complexity index is 624. The number of hydrogen-bond donors (Lipinski definition) is 3. The highest BCUT2D eigenvalue weighted by Gasteiger charge is 2.21. The van der Waals surface area contributed by atoms with Crippen molar-refractivity contribution in [3.05, 3.63) is 24.3 Å². The normalized spacial score (nSPS) is 12.9. The molecule has 8 nitrogen and oxygen atoms in total. The van der Waals surface area contributed by atoms with Crippen molar-refractivity contribution in [2.45, 2.75) is 17.4 Å². The topological polar surface area (TPSA) is 124 Å². The van der Waals surface area contributed by atoms with Gasteiger partial charge in [-0.15, -0.1) is 0 Å². The summed E-state index contributed by atoms with van der Waals surface area (Å²) in [7, 11) is -0.767. The molecule has 0 spiro atoms. The first kappa shape index (κ1) is 16.9. The number of hydrogen-bond acceptors (Lipinski definition) is 5. The van der Waals surface area contributed by atoms with Crippen LogP contribution in [0.4, 0.5) is 5.69 Å². The molecule has 1 rings (SSSR count). The van der Waals surface area contributed by atoms with Crippen LogP contribution in [0.5, 0.6) is 0 Å². The van der Waals surface area contributed by atoms with E-state index in [0.29, 0.717) is 5.69 Å². The zero-order chi connectivity index (χ0) is 16.2. The predicted octanol–water partition coefficient (Wildman–Crippen LogP) is 0.277. The molecule has 1 unspecified atom stereocenters. The number of nitrogens with zero attached hydrogens (tertiary/aromatic N) is 1. The zero-order valence-electron chi connectivity index (χ0n) is 11.5. The molecule has 0 amide bonds. The Hall–Kier alpha value is -2.13. The summed E-state index contributed by atoms with van der Waals surface area (Å²) in [5.74, 6) is -2.55. The second-order valence-electron chi connectivity index (χ2n) is 4.44. The summed E-state index contributed by atoms with van der Waals surface area (Å²) in [6, 6.07) is 4.11. The summed E-state index contributed by atoms with van der Waals surface area (Å²) in [5, 5.41) is 20.1. The smallest absolute Gasteiger partial charge is 0.326 e. The maximum atomic E-state index is 11.9. The van der Waals surface area contributed by atoms with Crippen LogP contribution in [0.15, 0.2) is 29.2 Å². The van der Waals surface area contributed by atoms with E-state index in [9.17, 15) is 18.0 Å². The molecule has 0 aromatic heterocycles. The minimum absolute atomic E-state index is 0.0585. The van der Waals surface area contributed by atoms with Crippen molar-refractivity contribution >= 4 is 27.6 Å². The van der Waals surface area contributed by atoms with Gasteiger partial charge >= 0.3 is 11.9 Å². The monoisotopic (exact) mass is 316 g/mol. The van der Waals surface area contributed by atoms with Crippen molar-refractivity contribution in [3.63, 3.8) is 0 Å². The number of benzene rings is 1. The molecule has 0 radical (unpaired) electrons. The summed E-state index contributed by atoms with van der Waals surface area (Å²) in [6.07, 6.45) is -0.590. The van der Waals surface area contributed by atoms with Crippen LogP contribution in [0.2, 0.25) is 0 Å². The maximum absolute atomic E-state index is 11.9. The number of carbonyl (C=O) groups is 2. The molecule has 3 N–H and O–H groups in total. The Morgan fingerprint density at radius 1 is 1.19 bits per heavy atom. The van der Waals surface area contributed by atoms with Crippen LogP contribution in [0.3, 0.4) is 0 Å². The predicted molar refractivity (Wildman–Crippen MR) is 74.6 cm³/mol. The van der Waals surface area contributed by atoms with Gasteiger partial charge in [-0.3, -0.25) is 4.79 Å². The molecule has 116 valence electrons. The van der Waals surface area contributed by atoms with Gasteiger partial charge < -0.3 is 15.5 Å². The Morgan fingerprint density at radius 2 is 1.71 bits per heavy atom. The molecule has 1 aromatic rings. The van der Waals surface area contributed by atoms with E-state index in [-0.39, 0.29) is 4.90 Å². The molecule has 21 heavy (non-hydrogen) atoms. The Kier molecular flexibility index (Phi) is 5.28. The van der Waals surface area contributed by atoms with E-state index in [4.69, 9.17) is 10.2 Å². The Labute approximate surface area is 122 Å². The largest absolute Gasteiger partial charge is 0.481 e. The van der Waals surface area contributed by atoms with E-state index in [1.54, 1.807) is 0 Å². The summed E-state index contributed by atoms with van der Waals surface area (Å²) in [6.45, 7) is 0. The fraction of sp³-hybridized carbons (Fsp3) is 0.333. The van der Waals surface area contributed by atoms with Crippen LogP contribution in [0.25, 0.3) is 0 Å². The molecular weight excluding hydrogens is 300 g/mol. The molecule has 9 heteroatoms. The SMILES string of the molecule is CN(C)S(=O)(=O)c1ccc(NC(CC(=O)O)C(=O)O)cc1. The van der Waals surface area contributed by atoms with Crippen molar-refractivity contribution in [3.8, 4) is 0 Å². The molecule has 0 aliphatic rings. The maximum Gasteiger partial charge on any atom is 0.326 e. The van der Waals surface area contributed by atoms with E-state index in [2.05, 4.69) is 5.32 Å². The number of carboxylic acid groups (broad SMARTS) is 2. The summed E-state index contributed by atoms with van der Waals surface area (Å²) >= 11 is 0. The van der Waals surface area contributed by atoms with Crippen molar-refractivity contribution in [2.24, 2.45) is 0 Å². The van der Waals surface area contributed by atoms with Gasteiger partial charge in [0, 0.05) is 19.8 Å². The molecule has 0 saturated carbocycles. The van der Waals surface area contributed by atoms with Gasteiger partial charge in [-0.25, -0.2) is 17.5 Å². The third kappa shape index (κ3) is 4.43. The number of carboxylic acids is 2. The van der Waals surface area contributed by atoms with Gasteiger partial charge in [-0.1, -0.05) is 0 Å². The molecule has 1 atom stereocenters. The molecule has 0 fully saturated rings. The molecular formula is C12H16N2O6S. The van der Waals surface area contributed by atoms with E-state index in [1.165, 1.54) is 38.4 Å².